The molecule has 0 aromatic heterocycles. The first kappa shape index (κ1) is 13.6. The summed E-state index contributed by atoms with van der Waals surface area (Å²) in [5, 5.41) is 2.75. The zero-order valence-corrected chi connectivity index (χ0v) is 11.0. The van der Waals surface area contributed by atoms with Crippen LogP contribution in [0.25, 0.3) is 0 Å². The van der Waals surface area contributed by atoms with E-state index in [1.165, 1.54) is 0 Å². The lowest BCUT2D eigenvalue weighted by Gasteiger charge is -2.02. The number of hydrogen-bond acceptors (Lipinski definition) is 2. The van der Waals surface area contributed by atoms with E-state index in [1.54, 1.807) is 0 Å². The van der Waals surface area contributed by atoms with E-state index in [2.05, 4.69) is 5.32 Å². The molecule has 2 rings (SSSR count). The second-order valence-corrected chi connectivity index (χ2v) is 3.97. The number of thiocarbonyl (C=S) groups is 1. The zero-order chi connectivity index (χ0) is 12.5. The molecule has 2 aromatic carbocycles. The van der Waals surface area contributed by atoms with Gasteiger partial charge in [0.2, 0.25) is 0 Å². The summed E-state index contributed by atoms with van der Waals surface area (Å²) in [5.74, 6) is 0. The van der Waals surface area contributed by atoms with Crippen LogP contribution in [0, 0.1) is 0 Å². The maximum absolute atomic E-state index is 5.39. The number of rotatable bonds is 2. The Kier molecular flexibility index (Phi) is 6.15. The van der Waals surface area contributed by atoms with Gasteiger partial charge in [-0.3, -0.25) is 0 Å². The van der Waals surface area contributed by atoms with E-state index >= 15 is 0 Å². The van der Waals surface area contributed by atoms with Crippen LogP contribution in [0.15, 0.2) is 60.7 Å². The summed E-state index contributed by atoms with van der Waals surface area (Å²) in [4.78, 5) is 0.909. The van der Waals surface area contributed by atoms with Gasteiger partial charge in [0.25, 0.3) is 0 Å². The van der Waals surface area contributed by atoms with Crippen molar-refractivity contribution in [1.82, 2.24) is 5.32 Å². The van der Waals surface area contributed by atoms with Gasteiger partial charge in [0.1, 0.15) is 0 Å². The van der Waals surface area contributed by atoms with Crippen molar-refractivity contribution in [2.24, 2.45) is 0 Å². The second kappa shape index (κ2) is 7.71. The molecular formula is C15H17NS. The fraction of sp³-hybridized carbons (Fsp3) is 0.133. The Morgan fingerprint density at radius 3 is 1.35 bits per heavy atom. The molecular weight excluding hydrogens is 226 g/mol. The standard InChI is InChI=1S/C13H10S.C2H7N/c14-13(11-7-3-1-4-8-11)12-9-5-2-6-10-12;1-3-2/h1-10H;3H,1-2H3. The molecule has 0 atom stereocenters. The van der Waals surface area contributed by atoms with Gasteiger partial charge in [0.05, 0.1) is 4.86 Å². The molecule has 0 radical (unpaired) electrons. The highest BCUT2D eigenvalue weighted by Crippen LogP contribution is 2.10. The molecule has 1 nitrogen and oxygen atoms in total. The lowest BCUT2D eigenvalue weighted by Crippen LogP contribution is -1.98. The summed E-state index contributed by atoms with van der Waals surface area (Å²) in [6, 6.07) is 20.2. The van der Waals surface area contributed by atoms with Crippen molar-refractivity contribution in [1.29, 1.82) is 0 Å². The Hall–Kier alpha value is -1.51. The van der Waals surface area contributed by atoms with E-state index in [0.717, 1.165) is 16.0 Å². The van der Waals surface area contributed by atoms with Crippen molar-refractivity contribution < 1.29 is 0 Å². The Morgan fingerprint density at radius 2 is 1.06 bits per heavy atom. The highest BCUT2D eigenvalue weighted by molar-refractivity contribution is 7.81. The third-order valence-corrected chi connectivity index (χ3v) is 2.54. The van der Waals surface area contributed by atoms with Crippen LogP contribution >= 0.6 is 12.2 Å². The van der Waals surface area contributed by atoms with Gasteiger partial charge >= 0.3 is 0 Å². The lowest BCUT2D eigenvalue weighted by atomic mass is 10.1. The van der Waals surface area contributed by atoms with Gasteiger partial charge in [-0.05, 0) is 25.2 Å². The normalized spacial score (nSPS) is 9.06. The van der Waals surface area contributed by atoms with Crippen molar-refractivity contribution in [3.63, 3.8) is 0 Å². The van der Waals surface area contributed by atoms with Gasteiger partial charge in [-0.2, -0.15) is 0 Å². The topological polar surface area (TPSA) is 12.0 Å². The average Bonchev–Trinajstić information content (AvgIpc) is 2.41. The summed E-state index contributed by atoms with van der Waals surface area (Å²) in [6.45, 7) is 0. The van der Waals surface area contributed by atoms with Crippen LogP contribution < -0.4 is 5.32 Å². The van der Waals surface area contributed by atoms with Gasteiger partial charge in [-0.15, -0.1) is 0 Å². The first-order valence-corrected chi connectivity index (χ1v) is 5.93. The zero-order valence-electron chi connectivity index (χ0n) is 10.2. The molecule has 0 aliphatic rings. The van der Waals surface area contributed by atoms with E-state index in [9.17, 15) is 0 Å². The molecule has 0 fully saturated rings. The van der Waals surface area contributed by atoms with E-state index < -0.39 is 0 Å². The summed E-state index contributed by atoms with van der Waals surface area (Å²) < 4.78 is 0. The molecule has 0 spiro atoms. The van der Waals surface area contributed by atoms with Crippen molar-refractivity contribution in [2.45, 2.75) is 0 Å². The molecule has 88 valence electrons. The largest absolute Gasteiger partial charge is 0.323 e. The van der Waals surface area contributed by atoms with Gasteiger partial charge in [0, 0.05) is 0 Å². The molecule has 0 unspecified atom stereocenters. The van der Waals surface area contributed by atoms with Gasteiger partial charge in [-0.1, -0.05) is 72.9 Å². The molecule has 0 bridgehead atoms. The molecule has 0 aliphatic heterocycles. The highest BCUT2D eigenvalue weighted by atomic mass is 32.1. The highest BCUT2D eigenvalue weighted by Gasteiger charge is 2.01. The van der Waals surface area contributed by atoms with Crippen molar-refractivity contribution in [2.75, 3.05) is 14.1 Å². The van der Waals surface area contributed by atoms with E-state index in [4.69, 9.17) is 12.2 Å². The number of hydrogen-bond donors (Lipinski definition) is 1. The monoisotopic (exact) mass is 243 g/mol. The minimum Gasteiger partial charge on any atom is -0.323 e. The average molecular weight is 243 g/mol. The van der Waals surface area contributed by atoms with E-state index in [0.29, 0.717) is 0 Å². The quantitative estimate of drug-likeness (QED) is 0.641. The van der Waals surface area contributed by atoms with Crippen LogP contribution in [0.2, 0.25) is 0 Å². The van der Waals surface area contributed by atoms with Crippen molar-refractivity contribution in [3.8, 4) is 0 Å². The predicted molar refractivity (Wildman–Crippen MR) is 78.7 cm³/mol. The molecule has 0 saturated heterocycles. The fourth-order valence-electron chi connectivity index (χ4n) is 1.35. The molecule has 0 amide bonds. The molecule has 0 aliphatic carbocycles. The number of nitrogens with one attached hydrogen (secondary N) is 1. The van der Waals surface area contributed by atoms with Crippen LogP contribution in [-0.4, -0.2) is 19.0 Å². The summed E-state index contributed by atoms with van der Waals surface area (Å²) >= 11 is 5.39. The number of benzene rings is 2. The second-order valence-electron chi connectivity index (χ2n) is 3.56. The molecule has 0 saturated carbocycles. The van der Waals surface area contributed by atoms with Crippen molar-refractivity contribution >= 4 is 17.1 Å². The fourth-order valence-corrected chi connectivity index (χ4v) is 1.62. The first-order chi connectivity index (χ1) is 8.29. The van der Waals surface area contributed by atoms with E-state index in [1.807, 2.05) is 74.8 Å². The predicted octanol–water partition coefficient (Wildman–Crippen LogP) is 3.29. The third-order valence-electron chi connectivity index (χ3n) is 2.07. The Balaban J connectivity index is 0.000000437. The maximum atomic E-state index is 5.39. The third kappa shape index (κ3) is 4.47. The van der Waals surface area contributed by atoms with E-state index in [-0.39, 0.29) is 0 Å². The smallest absolute Gasteiger partial charge is 0.0521 e. The minimum atomic E-state index is 0.909. The Morgan fingerprint density at radius 1 is 0.765 bits per heavy atom. The lowest BCUT2D eigenvalue weighted by molar-refractivity contribution is 1.02. The van der Waals surface area contributed by atoms with Gasteiger partial charge in [-0.25, -0.2) is 0 Å². The minimum absolute atomic E-state index is 0.909. The van der Waals surface area contributed by atoms with Crippen LogP contribution in [0.3, 0.4) is 0 Å². The first-order valence-electron chi connectivity index (χ1n) is 5.53. The maximum Gasteiger partial charge on any atom is 0.0521 e. The molecule has 2 aromatic rings. The summed E-state index contributed by atoms with van der Waals surface area (Å²) in [7, 11) is 3.75. The molecule has 2 heteroatoms. The van der Waals surface area contributed by atoms with Crippen LogP contribution in [0.4, 0.5) is 0 Å². The Labute approximate surface area is 108 Å². The van der Waals surface area contributed by atoms with Gasteiger partial charge in [0.15, 0.2) is 0 Å². The SMILES string of the molecule is CNC.S=C(c1ccccc1)c1ccccc1. The van der Waals surface area contributed by atoms with Crippen LogP contribution in [-0.2, 0) is 0 Å². The summed E-state index contributed by atoms with van der Waals surface area (Å²) in [6.07, 6.45) is 0. The summed E-state index contributed by atoms with van der Waals surface area (Å²) in [5.41, 5.74) is 2.21. The molecule has 17 heavy (non-hydrogen) atoms. The molecule has 1 N–H and O–H groups in total. The van der Waals surface area contributed by atoms with Crippen LogP contribution in [0.5, 0.6) is 0 Å². The Bertz CT molecular complexity index is 395. The van der Waals surface area contributed by atoms with Crippen molar-refractivity contribution in [3.05, 3.63) is 71.8 Å². The molecule has 0 heterocycles. The van der Waals surface area contributed by atoms with Crippen LogP contribution in [0.1, 0.15) is 11.1 Å². The van der Waals surface area contributed by atoms with Gasteiger partial charge < -0.3 is 5.32 Å².